The van der Waals surface area contributed by atoms with E-state index in [9.17, 15) is 0 Å². The van der Waals surface area contributed by atoms with Crippen molar-refractivity contribution < 1.29 is 9.47 Å². The van der Waals surface area contributed by atoms with E-state index < -0.39 is 0 Å². The molecule has 20 heavy (non-hydrogen) atoms. The lowest BCUT2D eigenvalue weighted by Gasteiger charge is -2.39. The fraction of sp³-hybridized carbons (Fsp3) is 1.00. The van der Waals surface area contributed by atoms with Crippen molar-refractivity contribution >= 4 is 0 Å². The zero-order chi connectivity index (χ0) is 14.0. The van der Waals surface area contributed by atoms with E-state index in [-0.39, 0.29) is 6.29 Å². The summed E-state index contributed by atoms with van der Waals surface area (Å²) < 4.78 is 12.7. The van der Waals surface area contributed by atoms with Crippen LogP contribution in [0.3, 0.4) is 0 Å². The summed E-state index contributed by atoms with van der Waals surface area (Å²) in [6.07, 6.45) is 11.5. The molecule has 1 saturated heterocycles. The molecule has 1 heterocycles. The predicted molar refractivity (Wildman–Crippen MR) is 79.3 cm³/mol. The number of ether oxygens (including phenoxy) is 2. The quantitative estimate of drug-likeness (QED) is 0.739. The minimum atomic E-state index is 0.101. The largest absolute Gasteiger partial charge is 0.349 e. The van der Waals surface area contributed by atoms with Crippen molar-refractivity contribution in [2.75, 3.05) is 0 Å². The van der Waals surface area contributed by atoms with Gasteiger partial charge in [-0.25, -0.2) is 0 Å². The van der Waals surface area contributed by atoms with Gasteiger partial charge in [-0.3, -0.25) is 0 Å². The van der Waals surface area contributed by atoms with Gasteiger partial charge in [-0.15, -0.1) is 0 Å². The molecule has 2 bridgehead atoms. The molecular weight excluding hydrogens is 248 g/mol. The van der Waals surface area contributed by atoms with Gasteiger partial charge in [-0.05, 0) is 48.3 Å². The molecule has 5 atom stereocenters. The Bertz CT molecular complexity index is 385. The van der Waals surface area contributed by atoms with Crippen molar-refractivity contribution in [3.8, 4) is 0 Å². The van der Waals surface area contributed by atoms with E-state index >= 15 is 0 Å². The molecule has 2 heteroatoms. The van der Waals surface area contributed by atoms with Gasteiger partial charge in [0.25, 0.3) is 0 Å². The van der Waals surface area contributed by atoms with Crippen LogP contribution in [-0.2, 0) is 9.47 Å². The van der Waals surface area contributed by atoms with Crippen molar-refractivity contribution in [3.63, 3.8) is 0 Å². The maximum absolute atomic E-state index is 6.44. The van der Waals surface area contributed by atoms with Crippen molar-refractivity contribution in [1.29, 1.82) is 0 Å². The lowest BCUT2D eigenvalue weighted by molar-refractivity contribution is -0.190. The van der Waals surface area contributed by atoms with Crippen molar-refractivity contribution in [1.82, 2.24) is 0 Å². The van der Waals surface area contributed by atoms with Crippen LogP contribution in [0.25, 0.3) is 0 Å². The summed E-state index contributed by atoms with van der Waals surface area (Å²) in [5.74, 6) is 1.62. The Kier molecular flexibility index (Phi) is 3.03. The first-order chi connectivity index (χ1) is 9.52. The van der Waals surface area contributed by atoms with Crippen LogP contribution in [0.1, 0.15) is 72.1 Å². The van der Waals surface area contributed by atoms with E-state index in [1.807, 2.05) is 0 Å². The Balaban J connectivity index is 1.45. The summed E-state index contributed by atoms with van der Waals surface area (Å²) in [7, 11) is 0. The van der Waals surface area contributed by atoms with E-state index in [2.05, 4.69) is 20.8 Å². The Morgan fingerprint density at radius 3 is 2.45 bits per heavy atom. The number of hydrogen-bond acceptors (Lipinski definition) is 2. The van der Waals surface area contributed by atoms with E-state index in [1.54, 1.807) is 0 Å². The van der Waals surface area contributed by atoms with Gasteiger partial charge in [-0.1, -0.05) is 40.0 Å². The molecule has 0 aromatic rings. The summed E-state index contributed by atoms with van der Waals surface area (Å²) >= 11 is 0. The second-order valence-electron chi connectivity index (χ2n) is 8.57. The smallest absolute Gasteiger partial charge is 0.158 e. The van der Waals surface area contributed by atoms with Crippen LogP contribution in [0.4, 0.5) is 0 Å². The second kappa shape index (κ2) is 4.46. The van der Waals surface area contributed by atoms with Crippen LogP contribution in [0.5, 0.6) is 0 Å². The van der Waals surface area contributed by atoms with Crippen LogP contribution >= 0.6 is 0 Å². The first-order valence-electron chi connectivity index (χ1n) is 8.83. The van der Waals surface area contributed by atoms with Gasteiger partial charge in [0.2, 0.25) is 0 Å². The molecule has 3 saturated carbocycles. The zero-order valence-electron chi connectivity index (χ0n) is 13.4. The highest BCUT2D eigenvalue weighted by Gasteiger charge is 2.69. The molecule has 114 valence electrons. The first kappa shape index (κ1) is 13.6. The minimum absolute atomic E-state index is 0.101. The minimum Gasteiger partial charge on any atom is -0.349 e. The lowest BCUT2D eigenvalue weighted by atomic mass is 9.70. The normalized spacial score (nSPS) is 50.5. The Hall–Kier alpha value is -0.0800. The summed E-state index contributed by atoms with van der Waals surface area (Å²) in [5, 5.41) is 0. The van der Waals surface area contributed by atoms with Crippen molar-refractivity contribution in [3.05, 3.63) is 0 Å². The van der Waals surface area contributed by atoms with Crippen molar-refractivity contribution in [2.45, 2.75) is 90.6 Å². The molecule has 1 aliphatic heterocycles. The summed E-state index contributed by atoms with van der Waals surface area (Å²) in [6.45, 7) is 7.42. The molecule has 0 radical (unpaired) electrons. The SMILES string of the molecule is CC1(C)[C@@H]2CC[C@@]1(C)[C@H]1O[C@H](OC3CCCCC3)C[C@@H]21. The van der Waals surface area contributed by atoms with Crippen LogP contribution < -0.4 is 0 Å². The highest BCUT2D eigenvalue weighted by atomic mass is 16.7. The molecule has 4 aliphatic rings. The number of hydrogen-bond donors (Lipinski definition) is 0. The number of rotatable bonds is 2. The fourth-order valence-corrected chi connectivity index (χ4v) is 5.99. The lowest BCUT2D eigenvalue weighted by Crippen LogP contribution is -2.38. The summed E-state index contributed by atoms with van der Waals surface area (Å²) in [4.78, 5) is 0. The van der Waals surface area contributed by atoms with Gasteiger partial charge in [0.05, 0.1) is 12.2 Å². The van der Waals surface area contributed by atoms with E-state index in [0.717, 1.165) is 18.3 Å². The molecule has 0 aromatic carbocycles. The first-order valence-corrected chi connectivity index (χ1v) is 8.83. The maximum atomic E-state index is 6.44. The third-order valence-electron chi connectivity index (χ3n) is 7.57. The van der Waals surface area contributed by atoms with E-state index in [4.69, 9.17) is 9.47 Å². The second-order valence-corrected chi connectivity index (χ2v) is 8.57. The standard InChI is InChI=1S/C18H30O2/c1-17(2)14-9-10-18(17,3)16-13(14)11-15(20-16)19-12-7-5-4-6-8-12/h12-16H,4-11H2,1-3H3/t13-,14+,15-,16-,18-/m0/s1. The fourth-order valence-electron chi connectivity index (χ4n) is 5.99. The van der Waals surface area contributed by atoms with Gasteiger partial charge in [0, 0.05) is 6.42 Å². The Morgan fingerprint density at radius 2 is 1.75 bits per heavy atom. The topological polar surface area (TPSA) is 18.5 Å². The third-order valence-corrected chi connectivity index (χ3v) is 7.57. The molecule has 0 spiro atoms. The van der Waals surface area contributed by atoms with Gasteiger partial charge in [-0.2, -0.15) is 0 Å². The molecule has 4 fully saturated rings. The highest BCUT2D eigenvalue weighted by Crippen LogP contribution is 2.71. The highest BCUT2D eigenvalue weighted by molar-refractivity contribution is 5.16. The molecule has 0 aromatic heterocycles. The van der Waals surface area contributed by atoms with E-state index in [0.29, 0.717) is 23.0 Å². The molecule has 0 N–H and O–H groups in total. The molecule has 3 aliphatic carbocycles. The molecular formula is C18H30O2. The van der Waals surface area contributed by atoms with Gasteiger partial charge >= 0.3 is 0 Å². The molecule has 2 nitrogen and oxygen atoms in total. The average Bonchev–Trinajstić information content (AvgIpc) is 2.97. The molecule has 4 rings (SSSR count). The monoisotopic (exact) mass is 278 g/mol. The molecule has 0 amide bonds. The Labute approximate surface area is 123 Å². The van der Waals surface area contributed by atoms with Gasteiger partial charge in [0.15, 0.2) is 6.29 Å². The van der Waals surface area contributed by atoms with Crippen LogP contribution in [0.15, 0.2) is 0 Å². The summed E-state index contributed by atoms with van der Waals surface area (Å²) in [6, 6.07) is 0. The van der Waals surface area contributed by atoms with Crippen LogP contribution in [0.2, 0.25) is 0 Å². The van der Waals surface area contributed by atoms with Crippen LogP contribution in [-0.4, -0.2) is 18.5 Å². The predicted octanol–water partition coefficient (Wildman–Crippen LogP) is 4.52. The van der Waals surface area contributed by atoms with Gasteiger partial charge < -0.3 is 9.47 Å². The average molecular weight is 278 g/mol. The third kappa shape index (κ3) is 1.70. The van der Waals surface area contributed by atoms with Crippen LogP contribution in [0, 0.1) is 22.7 Å². The van der Waals surface area contributed by atoms with E-state index in [1.165, 1.54) is 44.9 Å². The molecule has 0 unspecified atom stereocenters. The Morgan fingerprint density at radius 1 is 1.00 bits per heavy atom. The zero-order valence-corrected chi connectivity index (χ0v) is 13.4. The summed E-state index contributed by atoms with van der Waals surface area (Å²) in [5.41, 5.74) is 0.838. The maximum Gasteiger partial charge on any atom is 0.158 e. The van der Waals surface area contributed by atoms with Gasteiger partial charge in [0.1, 0.15) is 0 Å². The van der Waals surface area contributed by atoms with Crippen molar-refractivity contribution in [2.24, 2.45) is 22.7 Å². The number of fused-ring (bicyclic) bond motifs is 5.